The van der Waals surface area contributed by atoms with Crippen LogP contribution >= 0.6 is 0 Å². The fourth-order valence-corrected chi connectivity index (χ4v) is 2.25. The van der Waals surface area contributed by atoms with Gasteiger partial charge in [-0.2, -0.15) is 0 Å². The monoisotopic (exact) mass is 323 g/mol. The molecule has 0 saturated heterocycles. The standard InChI is InChI=1S/C20H21NO3/c1-3-21(4-2)19(22)15-18(16-11-7-5-8-12-16)24-20(23)17-13-9-6-10-14-17/h5-15H,3-4H2,1-2H3/b18-15-. The average molecular weight is 323 g/mol. The van der Waals surface area contributed by atoms with Crippen LogP contribution in [-0.4, -0.2) is 29.9 Å². The third-order valence-corrected chi connectivity index (χ3v) is 3.60. The van der Waals surface area contributed by atoms with Crippen LogP contribution in [0, 0.1) is 0 Å². The van der Waals surface area contributed by atoms with E-state index in [0.717, 1.165) is 0 Å². The molecule has 0 heterocycles. The zero-order valence-corrected chi connectivity index (χ0v) is 13.9. The molecule has 0 spiro atoms. The lowest BCUT2D eigenvalue weighted by molar-refractivity contribution is -0.125. The van der Waals surface area contributed by atoms with Gasteiger partial charge in [0, 0.05) is 24.7 Å². The van der Waals surface area contributed by atoms with E-state index in [-0.39, 0.29) is 11.7 Å². The Hall–Kier alpha value is -2.88. The van der Waals surface area contributed by atoms with E-state index < -0.39 is 5.97 Å². The van der Waals surface area contributed by atoms with Crippen molar-refractivity contribution in [3.8, 4) is 0 Å². The Kier molecular flexibility index (Phi) is 6.32. The van der Waals surface area contributed by atoms with Crippen LogP contribution in [0.5, 0.6) is 0 Å². The molecule has 0 aromatic heterocycles. The number of carbonyl (C=O) groups excluding carboxylic acids is 2. The zero-order chi connectivity index (χ0) is 17.4. The van der Waals surface area contributed by atoms with Crippen LogP contribution in [0.3, 0.4) is 0 Å². The molecule has 4 heteroatoms. The molecule has 1 amide bonds. The summed E-state index contributed by atoms with van der Waals surface area (Å²) in [6.07, 6.45) is 1.38. The predicted octanol–water partition coefficient (Wildman–Crippen LogP) is 3.75. The van der Waals surface area contributed by atoms with Gasteiger partial charge in [-0.15, -0.1) is 0 Å². The highest BCUT2D eigenvalue weighted by atomic mass is 16.5. The molecule has 0 aliphatic rings. The van der Waals surface area contributed by atoms with Crippen molar-refractivity contribution in [2.24, 2.45) is 0 Å². The molecule has 0 saturated carbocycles. The maximum absolute atomic E-state index is 12.4. The SMILES string of the molecule is CCN(CC)C(=O)/C=C(\OC(=O)c1ccccc1)c1ccccc1. The van der Waals surface area contributed by atoms with Gasteiger partial charge in [0.05, 0.1) is 5.56 Å². The Morgan fingerprint density at radius 2 is 1.38 bits per heavy atom. The molecular formula is C20H21NO3. The van der Waals surface area contributed by atoms with Crippen LogP contribution in [0.15, 0.2) is 66.7 Å². The van der Waals surface area contributed by atoms with Crippen LogP contribution < -0.4 is 0 Å². The van der Waals surface area contributed by atoms with Crippen LogP contribution in [0.25, 0.3) is 5.76 Å². The van der Waals surface area contributed by atoms with Crippen molar-refractivity contribution in [3.05, 3.63) is 77.9 Å². The summed E-state index contributed by atoms with van der Waals surface area (Å²) in [5.41, 5.74) is 1.12. The molecule has 2 aromatic carbocycles. The lowest BCUT2D eigenvalue weighted by atomic mass is 10.1. The number of benzene rings is 2. The highest BCUT2D eigenvalue weighted by Gasteiger charge is 2.15. The summed E-state index contributed by atoms with van der Waals surface area (Å²) < 4.78 is 5.51. The van der Waals surface area contributed by atoms with E-state index >= 15 is 0 Å². The minimum atomic E-state index is -0.488. The first-order chi connectivity index (χ1) is 11.7. The Labute approximate surface area is 142 Å². The Balaban J connectivity index is 2.30. The van der Waals surface area contributed by atoms with Crippen molar-refractivity contribution in [1.82, 2.24) is 4.90 Å². The quantitative estimate of drug-likeness (QED) is 0.462. The largest absolute Gasteiger partial charge is 0.422 e. The molecule has 0 aliphatic heterocycles. The summed E-state index contributed by atoms with van der Waals surface area (Å²) in [5.74, 6) is -0.417. The minimum absolute atomic E-state index is 0.181. The maximum Gasteiger partial charge on any atom is 0.343 e. The van der Waals surface area contributed by atoms with Gasteiger partial charge in [-0.3, -0.25) is 4.79 Å². The number of likely N-dealkylation sites (N-methyl/N-ethyl adjacent to an activating group) is 1. The van der Waals surface area contributed by atoms with E-state index in [1.165, 1.54) is 6.08 Å². The number of rotatable bonds is 6. The van der Waals surface area contributed by atoms with E-state index in [9.17, 15) is 9.59 Å². The molecule has 0 N–H and O–H groups in total. The van der Waals surface area contributed by atoms with Gasteiger partial charge in [-0.05, 0) is 26.0 Å². The highest BCUT2D eigenvalue weighted by Crippen LogP contribution is 2.18. The topological polar surface area (TPSA) is 46.6 Å². The molecule has 124 valence electrons. The number of amides is 1. The first-order valence-corrected chi connectivity index (χ1v) is 7.99. The van der Waals surface area contributed by atoms with Crippen LogP contribution in [0.4, 0.5) is 0 Å². The smallest absolute Gasteiger partial charge is 0.343 e. The summed E-state index contributed by atoms with van der Waals surface area (Å²) in [5, 5.41) is 0. The Morgan fingerprint density at radius 1 is 0.875 bits per heavy atom. The van der Waals surface area contributed by atoms with Crippen LogP contribution in [-0.2, 0) is 9.53 Å². The maximum atomic E-state index is 12.4. The molecule has 0 unspecified atom stereocenters. The summed E-state index contributed by atoms with van der Waals surface area (Å²) >= 11 is 0. The lowest BCUT2D eigenvalue weighted by Gasteiger charge is -2.17. The first kappa shape index (κ1) is 17.5. The second kappa shape index (κ2) is 8.67. The number of hydrogen-bond acceptors (Lipinski definition) is 3. The molecule has 4 nitrogen and oxygen atoms in total. The molecule has 0 radical (unpaired) electrons. The van der Waals surface area contributed by atoms with E-state index in [1.807, 2.05) is 38.1 Å². The van der Waals surface area contributed by atoms with Crippen molar-refractivity contribution < 1.29 is 14.3 Å². The van der Waals surface area contributed by atoms with Gasteiger partial charge in [-0.1, -0.05) is 48.5 Å². The van der Waals surface area contributed by atoms with E-state index in [0.29, 0.717) is 24.2 Å². The van der Waals surface area contributed by atoms with Crippen LogP contribution in [0.2, 0.25) is 0 Å². The lowest BCUT2D eigenvalue weighted by Crippen LogP contribution is -2.29. The Bertz CT molecular complexity index is 704. The molecular weight excluding hydrogens is 302 g/mol. The third-order valence-electron chi connectivity index (χ3n) is 3.60. The molecule has 2 aromatic rings. The van der Waals surface area contributed by atoms with Crippen molar-refractivity contribution in [3.63, 3.8) is 0 Å². The summed E-state index contributed by atoms with van der Waals surface area (Å²) in [4.78, 5) is 26.4. The van der Waals surface area contributed by atoms with Gasteiger partial charge >= 0.3 is 5.97 Å². The minimum Gasteiger partial charge on any atom is -0.422 e. The van der Waals surface area contributed by atoms with E-state index in [1.54, 1.807) is 41.3 Å². The fraction of sp³-hybridized carbons (Fsp3) is 0.200. The Morgan fingerprint density at radius 3 is 1.88 bits per heavy atom. The van der Waals surface area contributed by atoms with Crippen molar-refractivity contribution in [2.75, 3.05) is 13.1 Å². The summed E-state index contributed by atoms with van der Waals surface area (Å²) in [6, 6.07) is 17.9. The number of esters is 1. The molecule has 24 heavy (non-hydrogen) atoms. The second-order valence-corrected chi connectivity index (χ2v) is 5.14. The van der Waals surface area contributed by atoms with Crippen LogP contribution in [0.1, 0.15) is 29.8 Å². The summed E-state index contributed by atoms with van der Waals surface area (Å²) in [7, 11) is 0. The summed E-state index contributed by atoms with van der Waals surface area (Å²) in [6.45, 7) is 5.02. The van der Waals surface area contributed by atoms with Gasteiger partial charge in [0.25, 0.3) is 0 Å². The average Bonchev–Trinajstić information content (AvgIpc) is 2.63. The van der Waals surface area contributed by atoms with Crippen molar-refractivity contribution >= 4 is 17.6 Å². The van der Waals surface area contributed by atoms with Gasteiger partial charge in [0.2, 0.25) is 5.91 Å². The molecule has 0 aliphatic carbocycles. The second-order valence-electron chi connectivity index (χ2n) is 5.14. The number of ether oxygens (including phenoxy) is 1. The molecule has 0 atom stereocenters. The first-order valence-electron chi connectivity index (χ1n) is 7.99. The molecule has 0 bridgehead atoms. The van der Waals surface area contributed by atoms with Crippen molar-refractivity contribution in [1.29, 1.82) is 0 Å². The van der Waals surface area contributed by atoms with E-state index in [2.05, 4.69) is 0 Å². The van der Waals surface area contributed by atoms with Gasteiger partial charge < -0.3 is 9.64 Å². The van der Waals surface area contributed by atoms with Crippen molar-refractivity contribution in [2.45, 2.75) is 13.8 Å². The van der Waals surface area contributed by atoms with Gasteiger partial charge in [0.1, 0.15) is 5.76 Å². The predicted molar refractivity (Wildman–Crippen MR) is 94.2 cm³/mol. The molecule has 0 fully saturated rings. The zero-order valence-electron chi connectivity index (χ0n) is 13.9. The fourth-order valence-electron chi connectivity index (χ4n) is 2.25. The molecule has 2 rings (SSSR count). The number of hydrogen-bond donors (Lipinski definition) is 0. The number of nitrogens with zero attached hydrogens (tertiary/aromatic N) is 1. The van der Waals surface area contributed by atoms with Gasteiger partial charge in [0.15, 0.2) is 0 Å². The number of carbonyl (C=O) groups is 2. The van der Waals surface area contributed by atoms with E-state index in [4.69, 9.17) is 4.74 Å². The third kappa shape index (κ3) is 4.56. The normalized spacial score (nSPS) is 11.0. The van der Waals surface area contributed by atoms with Gasteiger partial charge in [-0.25, -0.2) is 4.79 Å². The highest BCUT2D eigenvalue weighted by molar-refractivity contribution is 5.98.